The van der Waals surface area contributed by atoms with Gasteiger partial charge in [0.2, 0.25) is 0 Å². The summed E-state index contributed by atoms with van der Waals surface area (Å²) in [5.41, 5.74) is -1.35. The van der Waals surface area contributed by atoms with Crippen molar-refractivity contribution in [3.05, 3.63) is 33.5 Å². The molecule has 0 fully saturated rings. The summed E-state index contributed by atoms with van der Waals surface area (Å²) in [5.74, 6) is -1.25. The van der Waals surface area contributed by atoms with Crippen LogP contribution in [0.1, 0.15) is 11.1 Å². The van der Waals surface area contributed by atoms with Crippen molar-refractivity contribution >= 4 is 31.9 Å². The summed E-state index contributed by atoms with van der Waals surface area (Å²) in [4.78, 5) is 0. The lowest BCUT2D eigenvalue weighted by Crippen LogP contribution is -2.12. The summed E-state index contributed by atoms with van der Waals surface area (Å²) in [6.45, 7) is 0. The highest BCUT2D eigenvalue weighted by atomic mass is 79.9. The Morgan fingerprint density at radius 1 is 1.21 bits per heavy atom. The van der Waals surface area contributed by atoms with Crippen LogP contribution in [-0.2, 0) is 11.5 Å². The van der Waals surface area contributed by atoms with Gasteiger partial charge in [0.1, 0.15) is 5.82 Å². The quantitative estimate of drug-likeness (QED) is 0.523. The molecule has 0 aromatic heterocycles. The van der Waals surface area contributed by atoms with Crippen LogP contribution in [0, 0.1) is 5.82 Å². The van der Waals surface area contributed by atoms with Crippen molar-refractivity contribution in [3.63, 3.8) is 0 Å². The third kappa shape index (κ3) is 2.28. The summed E-state index contributed by atoms with van der Waals surface area (Å²) in [6.07, 6.45) is -4.67. The van der Waals surface area contributed by atoms with Crippen LogP contribution in [0.5, 0.6) is 0 Å². The van der Waals surface area contributed by atoms with Gasteiger partial charge in [-0.25, -0.2) is 4.39 Å². The van der Waals surface area contributed by atoms with Gasteiger partial charge in [-0.2, -0.15) is 13.2 Å². The SMILES string of the molecule is Fc1ccc(Br)c(CBr)c1C(F)(F)F. The second kappa shape index (κ2) is 4.18. The minimum atomic E-state index is -4.67. The molecule has 0 nitrogen and oxygen atoms in total. The lowest BCUT2D eigenvalue weighted by Gasteiger charge is -2.13. The molecule has 1 aromatic rings. The molecule has 0 amide bonds. The van der Waals surface area contributed by atoms with Crippen LogP contribution < -0.4 is 0 Å². The van der Waals surface area contributed by atoms with Gasteiger partial charge in [0.25, 0.3) is 0 Å². The molecule has 0 aliphatic heterocycles. The van der Waals surface area contributed by atoms with E-state index in [1.807, 2.05) is 0 Å². The average Bonchev–Trinajstić information content (AvgIpc) is 2.06. The third-order valence-corrected chi connectivity index (χ3v) is 2.93. The smallest absolute Gasteiger partial charge is 0.206 e. The van der Waals surface area contributed by atoms with Gasteiger partial charge in [0.05, 0.1) is 5.56 Å². The second-order valence-corrected chi connectivity index (χ2v) is 3.93. The summed E-state index contributed by atoms with van der Waals surface area (Å²) in [6, 6.07) is 2.04. The van der Waals surface area contributed by atoms with Crippen molar-refractivity contribution in [2.75, 3.05) is 0 Å². The highest BCUT2D eigenvalue weighted by molar-refractivity contribution is 9.10. The van der Waals surface area contributed by atoms with E-state index in [-0.39, 0.29) is 15.4 Å². The minimum Gasteiger partial charge on any atom is -0.206 e. The first-order valence-corrected chi connectivity index (χ1v) is 5.39. The van der Waals surface area contributed by atoms with Crippen molar-refractivity contribution in [2.45, 2.75) is 11.5 Å². The molecule has 0 saturated carbocycles. The Kier molecular flexibility index (Phi) is 3.58. The van der Waals surface area contributed by atoms with Crippen LogP contribution in [0.2, 0.25) is 0 Å². The van der Waals surface area contributed by atoms with Crippen molar-refractivity contribution < 1.29 is 17.6 Å². The minimum absolute atomic E-state index is 0.0554. The fourth-order valence-corrected chi connectivity index (χ4v) is 2.46. The van der Waals surface area contributed by atoms with Crippen LogP contribution in [0.3, 0.4) is 0 Å². The fourth-order valence-electron chi connectivity index (χ4n) is 1.03. The summed E-state index contributed by atoms with van der Waals surface area (Å²) in [5, 5.41) is -0.0554. The lowest BCUT2D eigenvalue weighted by molar-refractivity contribution is -0.140. The Bertz CT molecular complexity index is 346. The van der Waals surface area contributed by atoms with Crippen LogP contribution in [-0.4, -0.2) is 0 Å². The van der Waals surface area contributed by atoms with Crippen LogP contribution >= 0.6 is 31.9 Å². The Balaban J connectivity index is 3.46. The predicted octanol–water partition coefficient (Wildman–Crippen LogP) is 4.50. The number of alkyl halides is 4. The Labute approximate surface area is 94.6 Å². The molecule has 1 rings (SSSR count). The molecule has 0 unspecified atom stereocenters. The molecule has 1 aromatic carbocycles. The maximum atomic E-state index is 13.0. The van der Waals surface area contributed by atoms with Gasteiger partial charge in [-0.05, 0) is 17.7 Å². The van der Waals surface area contributed by atoms with E-state index in [4.69, 9.17) is 0 Å². The topological polar surface area (TPSA) is 0 Å². The molecule has 0 aliphatic rings. The molecule has 0 atom stereocenters. The number of rotatable bonds is 1. The van der Waals surface area contributed by atoms with Crippen LogP contribution in [0.15, 0.2) is 16.6 Å². The van der Waals surface area contributed by atoms with Gasteiger partial charge in [-0.1, -0.05) is 31.9 Å². The highest BCUT2D eigenvalue weighted by Gasteiger charge is 2.37. The molecule has 0 saturated heterocycles. The van der Waals surface area contributed by atoms with Gasteiger partial charge in [0, 0.05) is 9.80 Å². The summed E-state index contributed by atoms with van der Waals surface area (Å²) < 4.78 is 50.4. The maximum Gasteiger partial charge on any atom is 0.419 e. The first-order valence-electron chi connectivity index (χ1n) is 3.48. The highest BCUT2D eigenvalue weighted by Crippen LogP contribution is 2.37. The van der Waals surface area contributed by atoms with Crippen LogP contribution in [0.4, 0.5) is 17.6 Å². The van der Waals surface area contributed by atoms with E-state index < -0.39 is 17.6 Å². The molecule has 0 aliphatic carbocycles. The zero-order valence-corrected chi connectivity index (χ0v) is 9.80. The average molecular weight is 336 g/mol. The molecule has 6 heteroatoms. The van der Waals surface area contributed by atoms with Crippen molar-refractivity contribution in [1.29, 1.82) is 0 Å². The Morgan fingerprint density at radius 2 is 1.79 bits per heavy atom. The van der Waals surface area contributed by atoms with Crippen LogP contribution in [0.25, 0.3) is 0 Å². The monoisotopic (exact) mass is 334 g/mol. The van der Waals surface area contributed by atoms with E-state index >= 15 is 0 Å². The molecule has 0 N–H and O–H groups in total. The van der Waals surface area contributed by atoms with E-state index in [1.54, 1.807) is 0 Å². The standard InChI is InChI=1S/C8H4Br2F4/c9-3-4-5(10)1-2-6(11)7(4)8(12,13)14/h1-2H,3H2. The van der Waals surface area contributed by atoms with Gasteiger partial charge >= 0.3 is 6.18 Å². The molecule has 0 bridgehead atoms. The van der Waals surface area contributed by atoms with Crippen molar-refractivity contribution in [2.24, 2.45) is 0 Å². The van der Waals surface area contributed by atoms with Gasteiger partial charge in [-0.15, -0.1) is 0 Å². The second-order valence-electron chi connectivity index (χ2n) is 2.51. The van der Waals surface area contributed by atoms with E-state index in [0.717, 1.165) is 6.07 Å². The Morgan fingerprint density at radius 3 is 2.14 bits per heavy atom. The zero-order valence-electron chi connectivity index (χ0n) is 6.63. The van der Waals surface area contributed by atoms with Crippen molar-refractivity contribution in [1.82, 2.24) is 0 Å². The number of hydrogen-bond donors (Lipinski definition) is 0. The molecule has 14 heavy (non-hydrogen) atoms. The molecular weight excluding hydrogens is 332 g/mol. The molecule has 0 heterocycles. The number of benzene rings is 1. The van der Waals surface area contributed by atoms with E-state index in [1.165, 1.54) is 6.07 Å². The predicted molar refractivity (Wildman–Crippen MR) is 51.7 cm³/mol. The maximum absolute atomic E-state index is 13.0. The molecule has 0 spiro atoms. The van der Waals surface area contributed by atoms with Gasteiger partial charge in [0.15, 0.2) is 0 Å². The fraction of sp³-hybridized carbons (Fsp3) is 0.250. The van der Waals surface area contributed by atoms with E-state index in [0.29, 0.717) is 0 Å². The van der Waals surface area contributed by atoms with E-state index in [9.17, 15) is 17.6 Å². The van der Waals surface area contributed by atoms with E-state index in [2.05, 4.69) is 31.9 Å². The lowest BCUT2D eigenvalue weighted by atomic mass is 10.1. The van der Waals surface area contributed by atoms with Gasteiger partial charge < -0.3 is 0 Å². The molecule has 78 valence electrons. The van der Waals surface area contributed by atoms with Gasteiger partial charge in [-0.3, -0.25) is 0 Å². The first-order chi connectivity index (χ1) is 6.38. The Hall–Kier alpha value is -0.100. The summed E-state index contributed by atoms with van der Waals surface area (Å²) >= 11 is 5.83. The number of halogens is 6. The molecular formula is C8H4Br2F4. The largest absolute Gasteiger partial charge is 0.419 e. The first kappa shape index (κ1) is 12.0. The normalized spacial score (nSPS) is 11.9. The van der Waals surface area contributed by atoms with Crippen molar-refractivity contribution in [3.8, 4) is 0 Å². The molecule has 0 radical (unpaired) electrons. The summed E-state index contributed by atoms with van der Waals surface area (Å²) in [7, 11) is 0. The zero-order chi connectivity index (χ0) is 10.9. The number of hydrogen-bond acceptors (Lipinski definition) is 0. The third-order valence-electron chi connectivity index (χ3n) is 1.62.